The fourth-order valence-corrected chi connectivity index (χ4v) is 1.87. The first kappa shape index (κ1) is 14.6. The molecule has 0 radical (unpaired) electrons. The molecule has 2 heterocycles. The van der Waals surface area contributed by atoms with Crippen molar-refractivity contribution in [2.45, 2.75) is 20.0 Å². The molecule has 1 unspecified atom stereocenters. The van der Waals surface area contributed by atoms with Crippen molar-refractivity contribution in [3.8, 4) is 5.95 Å². The normalized spacial score (nSPS) is 12.2. The van der Waals surface area contributed by atoms with E-state index in [-0.39, 0.29) is 5.91 Å². The zero-order valence-corrected chi connectivity index (χ0v) is 12.7. The fraction of sp³-hybridized carbons (Fsp3) is 0.333. The van der Waals surface area contributed by atoms with Crippen molar-refractivity contribution >= 4 is 27.7 Å². The van der Waals surface area contributed by atoms with Gasteiger partial charge >= 0.3 is 0 Å². The van der Waals surface area contributed by atoms with Crippen molar-refractivity contribution in [1.29, 1.82) is 0 Å². The number of hydrogen-bond acceptors (Lipinski definition) is 5. The molecule has 0 saturated carbocycles. The largest absolute Gasteiger partial charge is 0.369 e. The van der Waals surface area contributed by atoms with E-state index in [1.807, 2.05) is 6.92 Å². The Bertz CT molecular complexity index is 587. The minimum absolute atomic E-state index is 0.258. The molecular weight excluding hydrogens is 326 g/mol. The predicted molar refractivity (Wildman–Crippen MR) is 76.6 cm³/mol. The molecule has 8 heteroatoms. The lowest BCUT2D eigenvalue weighted by atomic mass is 10.4. The summed E-state index contributed by atoms with van der Waals surface area (Å²) >= 11 is 3.34. The van der Waals surface area contributed by atoms with Crippen molar-refractivity contribution in [1.82, 2.24) is 19.7 Å². The van der Waals surface area contributed by atoms with Crippen LogP contribution in [0.4, 0.5) is 5.82 Å². The smallest absolute Gasteiger partial charge is 0.254 e. The second-order valence-electron chi connectivity index (χ2n) is 3.91. The lowest BCUT2D eigenvalue weighted by Gasteiger charge is -2.10. The van der Waals surface area contributed by atoms with Crippen LogP contribution in [0.2, 0.25) is 0 Å². The van der Waals surface area contributed by atoms with Crippen molar-refractivity contribution in [2.75, 3.05) is 11.9 Å². The van der Waals surface area contributed by atoms with Crippen LogP contribution in [-0.4, -0.2) is 38.4 Å². The van der Waals surface area contributed by atoms with E-state index >= 15 is 0 Å². The topological polar surface area (TPSA) is 81.9 Å². The van der Waals surface area contributed by atoms with Gasteiger partial charge in [0.1, 0.15) is 6.10 Å². The van der Waals surface area contributed by atoms with Crippen molar-refractivity contribution < 1.29 is 9.53 Å². The molecule has 7 nitrogen and oxygen atoms in total. The van der Waals surface area contributed by atoms with Gasteiger partial charge in [-0.3, -0.25) is 4.79 Å². The summed E-state index contributed by atoms with van der Waals surface area (Å²) in [6, 6.07) is 1.72. The van der Waals surface area contributed by atoms with Crippen LogP contribution in [0.5, 0.6) is 0 Å². The zero-order valence-electron chi connectivity index (χ0n) is 11.1. The molecule has 0 spiro atoms. The van der Waals surface area contributed by atoms with Gasteiger partial charge in [-0.2, -0.15) is 0 Å². The van der Waals surface area contributed by atoms with Gasteiger partial charge in [0.15, 0.2) is 5.82 Å². The molecule has 2 rings (SSSR count). The molecule has 0 aliphatic rings. The van der Waals surface area contributed by atoms with E-state index in [0.717, 1.165) is 0 Å². The average Bonchev–Trinajstić information content (AvgIpc) is 2.81. The standard InChI is InChI=1S/C12H14BrN5O2/c1-3-20-8(2)11(19)16-10-9(13)7-18(17-10)12-14-5-4-6-15-12/h4-8H,3H2,1-2H3,(H,16,17,19). The molecule has 0 aliphatic carbocycles. The Balaban J connectivity index is 2.14. The molecule has 1 N–H and O–H groups in total. The maximum Gasteiger partial charge on any atom is 0.254 e. The summed E-state index contributed by atoms with van der Waals surface area (Å²) in [6.07, 6.45) is 4.38. The fourth-order valence-electron chi connectivity index (χ4n) is 1.49. The van der Waals surface area contributed by atoms with Crippen LogP contribution in [0.15, 0.2) is 29.1 Å². The highest BCUT2D eigenvalue weighted by molar-refractivity contribution is 9.10. The van der Waals surface area contributed by atoms with Gasteiger partial charge in [0.25, 0.3) is 11.9 Å². The number of carbonyl (C=O) groups is 1. The molecular formula is C12H14BrN5O2. The molecule has 1 atom stereocenters. The molecule has 1 amide bonds. The number of amides is 1. The monoisotopic (exact) mass is 339 g/mol. The van der Waals surface area contributed by atoms with Crippen molar-refractivity contribution in [3.63, 3.8) is 0 Å². The Kier molecular flexibility index (Phi) is 4.80. The Morgan fingerprint density at radius 3 is 2.85 bits per heavy atom. The number of aromatic nitrogens is 4. The average molecular weight is 340 g/mol. The molecule has 0 bridgehead atoms. The van der Waals surface area contributed by atoms with E-state index in [0.29, 0.717) is 22.8 Å². The van der Waals surface area contributed by atoms with E-state index < -0.39 is 6.10 Å². The van der Waals surface area contributed by atoms with E-state index in [2.05, 4.69) is 36.3 Å². The van der Waals surface area contributed by atoms with Gasteiger partial charge in [-0.15, -0.1) is 5.10 Å². The summed E-state index contributed by atoms with van der Waals surface area (Å²) in [5.41, 5.74) is 0. The van der Waals surface area contributed by atoms with E-state index in [9.17, 15) is 4.79 Å². The zero-order chi connectivity index (χ0) is 14.5. The second kappa shape index (κ2) is 6.58. The molecule has 0 aromatic carbocycles. The van der Waals surface area contributed by atoms with Crippen LogP contribution in [-0.2, 0) is 9.53 Å². The highest BCUT2D eigenvalue weighted by Crippen LogP contribution is 2.21. The van der Waals surface area contributed by atoms with Gasteiger partial charge < -0.3 is 10.1 Å². The first-order chi connectivity index (χ1) is 9.61. The first-order valence-corrected chi connectivity index (χ1v) is 6.86. The maximum absolute atomic E-state index is 11.9. The Hall–Kier alpha value is -1.80. The summed E-state index contributed by atoms with van der Waals surface area (Å²) in [5.74, 6) is 0.562. The summed E-state index contributed by atoms with van der Waals surface area (Å²) in [5, 5.41) is 6.91. The highest BCUT2D eigenvalue weighted by atomic mass is 79.9. The SMILES string of the molecule is CCOC(C)C(=O)Nc1nn(-c2ncccn2)cc1Br. The third-order valence-electron chi connectivity index (χ3n) is 2.45. The van der Waals surface area contributed by atoms with Crippen LogP contribution >= 0.6 is 15.9 Å². The molecule has 2 aromatic rings. The summed E-state index contributed by atoms with van der Waals surface area (Å²) in [4.78, 5) is 20.0. The van der Waals surface area contributed by atoms with Gasteiger partial charge in [0, 0.05) is 19.0 Å². The molecule has 2 aromatic heterocycles. The van der Waals surface area contributed by atoms with Gasteiger partial charge in [-0.05, 0) is 35.8 Å². The summed E-state index contributed by atoms with van der Waals surface area (Å²) < 4.78 is 7.34. The Morgan fingerprint density at radius 2 is 2.20 bits per heavy atom. The minimum atomic E-state index is -0.537. The van der Waals surface area contributed by atoms with E-state index in [4.69, 9.17) is 4.74 Å². The van der Waals surface area contributed by atoms with Gasteiger partial charge in [-0.1, -0.05) is 0 Å². The minimum Gasteiger partial charge on any atom is -0.369 e. The number of ether oxygens (including phenoxy) is 1. The lowest BCUT2D eigenvalue weighted by molar-refractivity contribution is -0.126. The third-order valence-corrected chi connectivity index (χ3v) is 3.03. The number of rotatable bonds is 5. The first-order valence-electron chi connectivity index (χ1n) is 6.06. The third kappa shape index (κ3) is 3.40. The Labute approximate surface area is 124 Å². The number of hydrogen-bond donors (Lipinski definition) is 1. The molecule has 0 aliphatic heterocycles. The van der Waals surface area contributed by atoms with Gasteiger partial charge in [-0.25, -0.2) is 14.6 Å². The molecule has 0 fully saturated rings. The predicted octanol–water partition coefficient (Wildman–Crippen LogP) is 1.79. The highest BCUT2D eigenvalue weighted by Gasteiger charge is 2.17. The number of anilines is 1. The maximum atomic E-state index is 11.9. The van der Waals surface area contributed by atoms with Crippen LogP contribution in [0, 0.1) is 0 Å². The van der Waals surface area contributed by atoms with E-state index in [1.165, 1.54) is 4.68 Å². The molecule has 106 valence electrons. The van der Waals surface area contributed by atoms with Crippen LogP contribution in [0.1, 0.15) is 13.8 Å². The van der Waals surface area contributed by atoms with Crippen LogP contribution in [0.3, 0.4) is 0 Å². The number of nitrogens with zero attached hydrogens (tertiary/aromatic N) is 4. The Morgan fingerprint density at radius 1 is 1.50 bits per heavy atom. The number of halogens is 1. The van der Waals surface area contributed by atoms with Crippen molar-refractivity contribution in [3.05, 3.63) is 29.1 Å². The second-order valence-corrected chi connectivity index (χ2v) is 4.76. The van der Waals surface area contributed by atoms with E-state index in [1.54, 1.807) is 31.6 Å². The quantitative estimate of drug-likeness (QED) is 0.897. The van der Waals surface area contributed by atoms with Gasteiger partial charge in [0.2, 0.25) is 0 Å². The molecule has 0 saturated heterocycles. The van der Waals surface area contributed by atoms with Crippen molar-refractivity contribution in [2.24, 2.45) is 0 Å². The molecule has 20 heavy (non-hydrogen) atoms. The lowest BCUT2D eigenvalue weighted by Crippen LogP contribution is -2.28. The van der Waals surface area contributed by atoms with Gasteiger partial charge in [0.05, 0.1) is 10.7 Å². The summed E-state index contributed by atoms with van der Waals surface area (Å²) in [7, 11) is 0. The summed E-state index contributed by atoms with van der Waals surface area (Å²) in [6.45, 7) is 3.99. The number of nitrogens with one attached hydrogen (secondary N) is 1. The van der Waals surface area contributed by atoms with Crippen LogP contribution in [0.25, 0.3) is 5.95 Å². The van der Waals surface area contributed by atoms with Crippen LogP contribution < -0.4 is 5.32 Å². The number of carbonyl (C=O) groups excluding carboxylic acids is 1.